The van der Waals surface area contributed by atoms with Crippen molar-refractivity contribution in [2.24, 2.45) is 4.99 Å². The van der Waals surface area contributed by atoms with Crippen molar-refractivity contribution in [2.75, 3.05) is 11.5 Å². The number of thioether (sulfide) groups is 1. The molecule has 1 aliphatic heterocycles. The van der Waals surface area contributed by atoms with Gasteiger partial charge in [0.1, 0.15) is 0 Å². The van der Waals surface area contributed by atoms with Gasteiger partial charge in [-0.05, 0) is 24.1 Å². The molecule has 0 saturated carbocycles. The minimum absolute atomic E-state index is 0.267. The molecule has 110 valence electrons. The average molecular weight is 298 g/mol. The van der Waals surface area contributed by atoms with Gasteiger partial charge in [-0.1, -0.05) is 56.3 Å². The van der Waals surface area contributed by atoms with Crippen LogP contribution in [0.1, 0.15) is 36.6 Å². The summed E-state index contributed by atoms with van der Waals surface area (Å²) in [7, 11) is 0. The summed E-state index contributed by atoms with van der Waals surface area (Å²) in [6, 6.07) is 16.9. The summed E-state index contributed by atoms with van der Waals surface area (Å²) in [5, 5.41) is 1.10. The smallest absolute Gasteiger partial charge is 0.0986 e. The van der Waals surface area contributed by atoms with Crippen molar-refractivity contribution < 1.29 is 0 Å². The third-order valence-corrected chi connectivity index (χ3v) is 4.46. The summed E-state index contributed by atoms with van der Waals surface area (Å²) in [4.78, 5) is 4.82. The van der Waals surface area contributed by atoms with Gasteiger partial charge in [0, 0.05) is 17.0 Å². The van der Waals surface area contributed by atoms with E-state index in [0.717, 1.165) is 27.6 Å². The second-order valence-corrected chi connectivity index (χ2v) is 5.75. The fourth-order valence-electron chi connectivity index (χ4n) is 2.15. The Balaban J connectivity index is 0.000000774. The molecule has 3 heteroatoms. The van der Waals surface area contributed by atoms with E-state index in [1.165, 1.54) is 5.56 Å². The zero-order valence-electron chi connectivity index (χ0n) is 12.8. The Morgan fingerprint density at radius 2 is 1.81 bits per heavy atom. The van der Waals surface area contributed by atoms with Gasteiger partial charge in [-0.3, -0.25) is 4.99 Å². The van der Waals surface area contributed by atoms with Gasteiger partial charge in [-0.25, -0.2) is 0 Å². The third-order valence-electron chi connectivity index (χ3n) is 3.36. The van der Waals surface area contributed by atoms with Crippen LogP contribution in [0.5, 0.6) is 0 Å². The Kier molecular flexibility index (Phi) is 5.45. The van der Waals surface area contributed by atoms with Crippen molar-refractivity contribution in [3.63, 3.8) is 0 Å². The monoisotopic (exact) mass is 298 g/mol. The third kappa shape index (κ3) is 3.67. The molecule has 2 nitrogen and oxygen atoms in total. The fraction of sp³-hybridized carbons (Fsp3) is 0.278. The van der Waals surface area contributed by atoms with E-state index in [2.05, 4.69) is 36.4 Å². The molecular weight excluding hydrogens is 276 g/mol. The van der Waals surface area contributed by atoms with E-state index in [1.54, 1.807) is 0 Å². The van der Waals surface area contributed by atoms with E-state index in [0.29, 0.717) is 0 Å². The molecule has 2 N–H and O–H groups in total. The van der Waals surface area contributed by atoms with Gasteiger partial charge in [0.25, 0.3) is 0 Å². The van der Waals surface area contributed by atoms with Gasteiger partial charge < -0.3 is 5.73 Å². The predicted molar refractivity (Wildman–Crippen MR) is 95.1 cm³/mol. The highest BCUT2D eigenvalue weighted by atomic mass is 32.2. The molecule has 0 unspecified atom stereocenters. The first kappa shape index (κ1) is 15.6. The first-order valence-electron chi connectivity index (χ1n) is 7.36. The van der Waals surface area contributed by atoms with Crippen molar-refractivity contribution in [1.82, 2.24) is 0 Å². The van der Waals surface area contributed by atoms with Gasteiger partial charge in [-0.15, -0.1) is 11.8 Å². The molecule has 2 aromatic rings. The number of benzene rings is 2. The van der Waals surface area contributed by atoms with Crippen LogP contribution in [0.3, 0.4) is 0 Å². The molecule has 0 bridgehead atoms. The lowest BCUT2D eigenvalue weighted by atomic mass is 10.1. The lowest BCUT2D eigenvalue weighted by Crippen LogP contribution is -1.96. The molecule has 3 rings (SSSR count). The van der Waals surface area contributed by atoms with Crippen molar-refractivity contribution in [3.8, 4) is 0 Å². The van der Waals surface area contributed by atoms with Gasteiger partial charge in [-0.2, -0.15) is 0 Å². The lowest BCUT2D eigenvalue weighted by Gasteiger charge is -2.05. The molecule has 0 aromatic heterocycles. The zero-order valence-corrected chi connectivity index (χ0v) is 13.7. The Bertz CT molecular complexity index is 620. The number of hydrogen-bond donors (Lipinski definition) is 1. The Morgan fingerprint density at radius 1 is 1.10 bits per heavy atom. The number of hydrogen-bond acceptors (Lipinski definition) is 3. The quantitative estimate of drug-likeness (QED) is 0.806. The Hall–Kier alpha value is -1.74. The van der Waals surface area contributed by atoms with Crippen LogP contribution in [0.25, 0.3) is 0 Å². The van der Waals surface area contributed by atoms with E-state index < -0.39 is 0 Å². The SMILES string of the molecule is CC.Cc1ccc(C2=N[C@@H](c3ccccc3)CS2)cc1N. The fourth-order valence-corrected chi connectivity index (χ4v) is 3.23. The van der Waals surface area contributed by atoms with E-state index in [1.807, 2.05) is 44.7 Å². The standard InChI is InChI=1S/C16H16N2S.C2H6/c1-11-7-8-13(9-14(11)17)16-18-15(10-19-16)12-5-3-2-4-6-12;1-2/h2-9,15H,10,17H2,1H3;1-2H3/t15-;/m1./s1. The van der Waals surface area contributed by atoms with Crippen molar-refractivity contribution >= 4 is 22.5 Å². The molecule has 0 amide bonds. The summed E-state index contributed by atoms with van der Waals surface area (Å²) in [6.07, 6.45) is 0. The molecule has 1 atom stereocenters. The Labute approximate surface area is 131 Å². The number of rotatable bonds is 2. The van der Waals surface area contributed by atoms with Crippen LogP contribution in [0.4, 0.5) is 5.69 Å². The predicted octanol–water partition coefficient (Wildman–Crippen LogP) is 4.84. The van der Waals surface area contributed by atoms with Crippen LogP contribution < -0.4 is 5.73 Å². The molecule has 2 aromatic carbocycles. The van der Waals surface area contributed by atoms with Gasteiger partial charge in [0.2, 0.25) is 0 Å². The number of nitrogens with zero attached hydrogens (tertiary/aromatic N) is 1. The van der Waals surface area contributed by atoms with Gasteiger partial charge in [0.15, 0.2) is 0 Å². The summed E-state index contributed by atoms with van der Waals surface area (Å²) >= 11 is 1.81. The van der Waals surface area contributed by atoms with Crippen molar-refractivity contribution in [2.45, 2.75) is 26.8 Å². The number of anilines is 1. The number of nitrogens with two attached hydrogens (primary N) is 1. The molecule has 0 radical (unpaired) electrons. The maximum absolute atomic E-state index is 5.97. The molecule has 21 heavy (non-hydrogen) atoms. The average Bonchev–Trinajstić information content (AvgIpc) is 3.03. The molecule has 0 spiro atoms. The highest BCUT2D eigenvalue weighted by Crippen LogP contribution is 2.33. The van der Waals surface area contributed by atoms with Crippen LogP contribution in [0.2, 0.25) is 0 Å². The largest absolute Gasteiger partial charge is 0.398 e. The van der Waals surface area contributed by atoms with Crippen molar-refractivity contribution in [1.29, 1.82) is 0 Å². The Morgan fingerprint density at radius 3 is 2.48 bits per heavy atom. The number of aryl methyl sites for hydroxylation is 1. The van der Waals surface area contributed by atoms with E-state index in [4.69, 9.17) is 10.7 Å². The van der Waals surface area contributed by atoms with E-state index >= 15 is 0 Å². The lowest BCUT2D eigenvalue weighted by molar-refractivity contribution is 0.850. The normalized spacial score (nSPS) is 16.9. The topological polar surface area (TPSA) is 38.4 Å². The summed E-state index contributed by atoms with van der Waals surface area (Å²) < 4.78 is 0. The van der Waals surface area contributed by atoms with Gasteiger partial charge >= 0.3 is 0 Å². The molecule has 0 saturated heterocycles. The van der Waals surface area contributed by atoms with Gasteiger partial charge in [0.05, 0.1) is 11.1 Å². The molecule has 1 aliphatic rings. The molecule has 1 heterocycles. The maximum atomic E-state index is 5.97. The zero-order chi connectivity index (χ0) is 15.2. The second-order valence-electron chi connectivity index (χ2n) is 4.74. The minimum atomic E-state index is 0.267. The van der Waals surface area contributed by atoms with Crippen LogP contribution in [-0.4, -0.2) is 10.8 Å². The first-order chi connectivity index (χ1) is 10.2. The van der Waals surface area contributed by atoms with Crippen LogP contribution >= 0.6 is 11.8 Å². The highest BCUT2D eigenvalue weighted by Gasteiger charge is 2.20. The first-order valence-corrected chi connectivity index (χ1v) is 8.34. The summed E-state index contributed by atoms with van der Waals surface area (Å²) in [6.45, 7) is 6.02. The number of aliphatic imine (C=N–C) groups is 1. The summed E-state index contributed by atoms with van der Waals surface area (Å²) in [5.41, 5.74) is 10.3. The summed E-state index contributed by atoms with van der Waals surface area (Å²) in [5.74, 6) is 1.01. The van der Waals surface area contributed by atoms with Crippen LogP contribution in [-0.2, 0) is 0 Å². The van der Waals surface area contributed by atoms with E-state index in [9.17, 15) is 0 Å². The van der Waals surface area contributed by atoms with Crippen LogP contribution in [0, 0.1) is 6.92 Å². The highest BCUT2D eigenvalue weighted by molar-refractivity contribution is 8.14. The second kappa shape index (κ2) is 7.32. The van der Waals surface area contributed by atoms with Crippen LogP contribution in [0.15, 0.2) is 53.5 Å². The molecule has 0 aliphatic carbocycles. The van der Waals surface area contributed by atoms with Crippen molar-refractivity contribution in [3.05, 3.63) is 65.2 Å². The minimum Gasteiger partial charge on any atom is -0.398 e. The van der Waals surface area contributed by atoms with E-state index in [-0.39, 0.29) is 6.04 Å². The number of nitrogen functional groups attached to an aromatic ring is 1. The maximum Gasteiger partial charge on any atom is 0.0986 e. The molecule has 0 fully saturated rings. The molecular formula is C18H22N2S.